The van der Waals surface area contributed by atoms with Gasteiger partial charge in [0, 0.05) is 25.1 Å². The van der Waals surface area contributed by atoms with Gasteiger partial charge in [0.05, 0.1) is 35.9 Å². The summed E-state index contributed by atoms with van der Waals surface area (Å²) in [4.78, 5) is 49.3. The number of hydrogen-bond acceptors (Lipinski definition) is 5. The molecule has 0 aliphatic carbocycles. The third kappa shape index (κ3) is 7.55. The summed E-state index contributed by atoms with van der Waals surface area (Å²) in [5.41, 5.74) is 5.53. The molecule has 10 heteroatoms. The maximum atomic E-state index is 15.8. The fraction of sp³-hybridized carbons (Fsp3) is 0.395. The van der Waals surface area contributed by atoms with Crippen molar-refractivity contribution >= 4 is 11.8 Å². The van der Waals surface area contributed by atoms with E-state index in [4.69, 9.17) is 0 Å². The number of hydrogen-bond donors (Lipinski definition) is 2. The first-order chi connectivity index (χ1) is 25.7. The summed E-state index contributed by atoms with van der Waals surface area (Å²) in [7, 11) is 0. The highest BCUT2D eigenvalue weighted by Gasteiger charge is 2.38. The Bertz CT molecular complexity index is 2020. The maximum Gasteiger partial charge on any atom is 0.245 e. The summed E-state index contributed by atoms with van der Waals surface area (Å²) < 4.78 is 15.8. The molecule has 2 aromatic heterocycles. The van der Waals surface area contributed by atoms with E-state index in [1.165, 1.54) is 0 Å². The van der Waals surface area contributed by atoms with E-state index < -0.39 is 0 Å². The molecule has 2 fully saturated rings. The van der Waals surface area contributed by atoms with Crippen LogP contribution in [0.2, 0.25) is 0 Å². The fourth-order valence-corrected chi connectivity index (χ4v) is 8.07. The van der Waals surface area contributed by atoms with Crippen molar-refractivity contribution in [1.29, 1.82) is 0 Å². The Morgan fingerprint density at radius 1 is 0.792 bits per heavy atom. The molecule has 2 aliphatic rings. The molecule has 53 heavy (non-hydrogen) atoms. The molecule has 0 radical (unpaired) electrons. The number of carbonyl (C=O) groups is 2. The second-order valence-electron chi connectivity index (χ2n) is 14.7. The molecule has 0 unspecified atom stereocenters. The van der Waals surface area contributed by atoms with Gasteiger partial charge in [-0.15, -0.1) is 0 Å². The molecule has 0 spiro atoms. The number of nitrogens with one attached hydrogen (secondary N) is 2. The van der Waals surface area contributed by atoms with Crippen molar-refractivity contribution in [2.75, 3.05) is 26.2 Å². The van der Waals surface area contributed by atoms with Gasteiger partial charge < -0.3 is 19.8 Å². The number of benzene rings is 3. The number of aromatic nitrogens is 4. The number of halogens is 1. The zero-order valence-corrected chi connectivity index (χ0v) is 31.2. The van der Waals surface area contributed by atoms with Crippen molar-refractivity contribution in [3.63, 3.8) is 0 Å². The molecule has 2 saturated heterocycles. The second kappa shape index (κ2) is 15.9. The summed E-state index contributed by atoms with van der Waals surface area (Å²) >= 11 is 0. The summed E-state index contributed by atoms with van der Waals surface area (Å²) in [6, 6.07) is 22.6. The molecule has 5 aromatic rings. The average molecular weight is 716 g/mol. The van der Waals surface area contributed by atoms with E-state index in [0.717, 1.165) is 79.1 Å². The van der Waals surface area contributed by atoms with Crippen LogP contribution in [0.15, 0.2) is 85.2 Å². The SMILES string of the molecule is CCN(CC)[C@@H](C(=O)N1CCC[C@H]1c1ncc(-c2ccc(-c3ccc(-c4cnc([C@@H]5CCCN5C(=O)CC(C)C)[nH]4)cc3)cc2F)[nH]1)c1ccccc1. The van der Waals surface area contributed by atoms with Crippen LogP contribution in [0.3, 0.4) is 0 Å². The molecule has 2 aliphatic heterocycles. The molecule has 2 N–H and O–H groups in total. The number of imidazole rings is 2. The van der Waals surface area contributed by atoms with Crippen molar-refractivity contribution < 1.29 is 14.0 Å². The Labute approximate surface area is 311 Å². The van der Waals surface area contributed by atoms with Crippen LogP contribution in [0.5, 0.6) is 0 Å². The van der Waals surface area contributed by atoms with Crippen LogP contribution in [0.1, 0.15) is 95.1 Å². The van der Waals surface area contributed by atoms with Crippen LogP contribution < -0.4 is 0 Å². The topological polar surface area (TPSA) is 101 Å². The lowest BCUT2D eigenvalue weighted by Gasteiger charge is -2.34. The maximum absolute atomic E-state index is 15.8. The van der Waals surface area contributed by atoms with Crippen LogP contribution in [-0.2, 0) is 9.59 Å². The third-order valence-electron chi connectivity index (χ3n) is 10.8. The van der Waals surface area contributed by atoms with Crippen molar-refractivity contribution in [1.82, 2.24) is 34.6 Å². The van der Waals surface area contributed by atoms with Gasteiger partial charge in [-0.05, 0) is 79.1 Å². The minimum atomic E-state index is -0.369. The van der Waals surface area contributed by atoms with E-state index in [2.05, 4.69) is 52.5 Å². The lowest BCUT2D eigenvalue weighted by molar-refractivity contribution is -0.138. The van der Waals surface area contributed by atoms with Crippen LogP contribution in [-0.4, -0.2) is 72.6 Å². The molecule has 276 valence electrons. The number of H-pyrrole nitrogens is 2. The molecule has 3 aromatic carbocycles. The number of carbonyl (C=O) groups excluding carboxylic acids is 2. The van der Waals surface area contributed by atoms with E-state index in [-0.39, 0.29) is 35.8 Å². The van der Waals surface area contributed by atoms with Crippen LogP contribution in [0, 0.1) is 11.7 Å². The number of likely N-dealkylation sites (tertiary alicyclic amines) is 2. The van der Waals surface area contributed by atoms with Gasteiger partial charge in [-0.25, -0.2) is 14.4 Å². The highest BCUT2D eigenvalue weighted by atomic mass is 19.1. The first-order valence-corrected chi connectivity index (χ1v) is 19.1. The van der Waals surface area contributed by atoms with Crippen molar-refractivity contribution in [2.45, 2.75) is 77.9 Å². The van der Waals surface area contributed by atoms with Crippen LogP contribution >= 0.6 is 0 Å². The van der Waals surface area contributed by atoms with Gasteiger partial charge in [0.1, 0.15) is 23.5 Å². The van der Waals surface area contributed by atoms with E-state index in [9.17, 15) is 9.59 Å². The van der Waals surface area contributed by atoms with Crippen molar-refractivity contribution in [2.24, 2.45) is 5.92 Å². The molecular formula is C43H50FN7O2. The highest BCUT2D eigenvalue weighted by Crippen LogP contribution is 2.37. The van der Waals surface area contributed by atoms with E-state index >= 15 is 4.39 Å². The number of nitrogens with zero attached hydrogens (tertiary/aromatic N) is 5. The molecule has 0 bridgehead atoms. The summed E-state index contributed by atoms with van der Waals surface area (Å²) in [6.07, 6.45) is 7.61. The quantitative estimate of drug-likeness (QED) is 0.135. The van der Waals surface area contributed by atoms with Gasteiger partial charge >= 0.3 is 0 Å². The second-order valence-corrected chi connectivity index (χ2v) is 14.7. The van der Waals surface area contributed by atoms with Gasteiger partial charge in [-0.1, -0.05) is 88.4 Å². The number of aromatic amines is 2. The minimum absolute atomic E-state index is 0.0224. The molecule has 7 rings (SSSR count). The van der Waals surface area contributed by atoms with Crippen LogP contribution in [0.25, 0.3) is 33.6 Å². The average Bonchev–Trinajstić information content (AvgIpc) is 4.00. The Morgan fingerprint density at radius 3 is 2.02 bits per heavy atom. The van der Waals surface area contributed by atoms with E-state index in [1.807, 2.05) is 76.7 Å². The van der Waals surface area contributed by atoms with E-state index in [0.29, 0.717) is 36.0 Å². The Morgan fingerprint density at radius 2 is 1.38 bits per heavy atom. The number of rotatable bonds is 12. The predicted molar refractivity (Wildman–Crippen MR) is 206 cm³/mol. The minimum Gasteiger partial charge on any atom is -0.340 e. The molecule has 9 nitrogen and oxygen atoms in total. The Kier molecular flexibility index (Phi) is 10.9. The van der Waals surface area contributed by atoms with Crippen molar-refractivity contribution in [3.8, 4) is 33.6 Å². The lowest BCUT2D eigenvalue weighted by Crippen LogP contribution is -2.43. The summed E-state index contributed by atoms with van der Waals surface area (Å²) in [6.45, 7) is 11.3. The lowest BCUT2D eigenvalue weighted by atomic mass is 10.0. The first kappa shape index (κ1) is 36.3. The summed E-state index contributed by atoms with van der Waals surface area (Å²) in [5, 5.41) is 0. The molecular weight excluding hydrogens is 666 g/mol. The standard InChI is InChI=1S/C43H50FN7O2/c1-5-49(6-2)40(31-12-8-7-9-13-31)43(53)51-23-11-15-38(51)42-46-27-36(48-42)33-21-20-32(25-34(33)44)29-16-18-30(19-17-29)35-26-45-41(47-35)37-14-10-22-50(37)39(52)24-28(3)4/h7-9,12-13,16-21,25-28,37-38,40H,5-6,10-11,14-15,22-24H2,1-4H3,(H,45,47)(H,46,48)/t37-,38-,40+/m0/s1. The largest absolute Gasteiger partial charge is 0.340 e. The Balaban J connectivity index is 1.05. The predicted octanol–water partition coefficient (Wildman–Crippen LogP) is 8.73. The van der Waals surface area contributed by atoms with Gasteiger partial charge in [-0.3, -0.25) is 14.5 Å². The van der Waals surface area contributed by atoms with Crippen molar-refractivity contribution in [3.05, 3.63) is 108 Å². The third-order valence-corrected chi connectivity index (χ3v) is 10.8. The molecule has 2 amide bonds. The van der Waals surface area contributed by atoms with Crippen LogP contribution in [0.4, 0.5) is 4.39 Å². The zero-order chi connectivity index (χ0) is 37.1. The number of likely N-dealkylation sites (N-methyl/N-ethyl adjacent to an activating group) is 1. The normalized spacial score (nSPS) is 18.0. The van der Waals surface area contributed by atoms with Gasteiger partial charge in [0.15, 0.2) is 0 Å². The molecule has 4 heterocycles. The van der Waals surface area contributed by atoms with E-state index in [1.54, 1.807) is 18.3 Å². The highest BCUT2D eigenvalue weighted by molar-refractivity contribution is 5.84. The smallest absolute Gasteiger partial charge is 0.245 e. The summed E-state index contributed by atoms with van der Waals surface area (Å²) in [5.74, 6) is 1.73. The fourth-order valence-electron chi connectivity index (χ4n) is 8.07. The van der Waals surface area contributed by atoms with Gasteiger partial charge in [-0.2, -0.15) is 0 Å². The monoisotopic (exact) mass is 715 g/mol. The Hall–Kier alpha value is -5.09. The van der Waals surface area contributed by atoms with Gasteiger partial charge in [0.2, 0.25) is 11.8 Å². The molecule has 3 atom stereocenters. The number of amides is 2. The zero-order valence-electron chi connectivity index (χ0n) is 31.2. The van der Waals surface area contributed by atoms with Gasteiger partial charge in [0.25, 0.3) is 0 Å². The molecule has 0 saturated carbocycles. The first-order valence-electron chi connectivity index (χ1n) is 19.1.